The fourth-order valence-electron chi connectivity index (χ4n) is 3.55. The van der Waals surface area contributed by atoms with Crippen molar-refractivity contribution in [3.63, 3.8) is 0 Å². The first-order chi connectivity index (χ1) is 15.1. The Hall–Kier alpha value is -3.32. The number of hydrogen-bond donors (Lipinski definition) is 1. The zero-order chi connectivity index (χ0) is 21.7. The quantitative estimate of drug-likeness (QED) is 0.576. The fraction of sp³-hybridized carbons (Fsp3) is 0.208. The van der Waals surface area contributed by atoms with Crippen molar-refractivity contribution < 1.29 is 17.9 Å². The number of amides is 1. The summed E-state index contributed by atoms with van der Waals surface area (Å²) in [5.74, 6) is 0.0496. The maximum atomic E-state index is 13.3. The van der Waals surface area contributed by atoms with E-state index >= 15 is 0 Å². The van der Waals surface area contributed by atoms with Crippen LogP contribution in [-0.2, 0) is 21.2 Å². The van der Waals surface area contributed by atoms with Gasteiger partial charge >= 0.3 is 0 Å². The van der Waals surface area contributed by atoms with E-state index < -0.39 is 16.1 Å². The number of fused-ring (bicyclic) bond motifs is 1. The van der Waals surface area contributed by atoms with E-state index in [1.165, 1.54) is 9.87 Å². The average Bonchev–Trinajstić information content (AvgIpc) is 2.82. The monoisotopic (exact) mass is 436 g/mol. The molecule has 160 valence electrons. The van der Waals surface area contributed by atoms with Crippen LogP contribution in [-0.4, -0.2) is 33.5 Å². The molecule has 0 bridgehead atoms. The highest BCUT2D eigenvalue weighted by atomic mass is 32.2. The summed E-state index contributed by atoms with van der Waals surface area (Å²) < 4.78 is 33.7. The molecule has 3 aromatic carbocycles. The smallest absolute Gasteiger partial charge is 0.264 e. The third-order valence-electron chi connectivity index (χ3n) is 5.14. The van der Waals surface area contributed by atoms with E-state index in [2.05, 4.69) is 17.4 Å². The summed E-state index contributed by atoms with van der Waals surface area (Å²) in [6, 6.07) is 25.1. The van der Waals surface area contributed by atoms with Gasteiger partial charge in [0.2, 0.25) is 0 Å². The van der Waals surface area contributed by atoms with Gasteiger partial charge in [0.05, 0.1) is 17.1 Å². The van der Waals surface area contributed by atoms with Crippen molar-refractivity contribution >= 4 is 21.6 Å². The molecule has 0 saturated heterocycles. The van der Waals surface area contributed by atoms with Gasteiger partial charge in [0, 0.05) is 6.54 Å². The summed E-state index contributed by atoms with van der Waals surface area (Å²) in [5.41, 5.74) is 1.64. The topological polar surface area (TPSA) is 75.7 Å². The van der Waals surface area contributed by atoms with Gasteiger partial charge in [-0.15, -0.1) is 0 Å². The number of nitrogens with zero attached hydrogens (tertiary/aromatic N) is 1. The normalized spacial score (nSPS) is 15.6. The standard InChI is InChI=1S/C24H24N2O4S/c27-24(25-17-9-12-19-10-3-1-4-11-19)23-18-26(21-15-7-8-16-22(21)30-23)31(28,29)20-13-5-2-6-14-20/h1-8,10-11,13-16,23H,9,12,17-18H2,(H,25,27). The molecule has 0 fully saturated rings. The van der Waals surface area contributed by atoms with Gasteiger partial charge in [-0.1, -0.05) is 60.7 Å². The Morgan fingerprint density at radius 1 is 0.935 bits per heavy atom. The molecular formula is C24H24N2O4S. The highest BCUT2D eigenvalue weighted by molar-refractivity contribution is 7.92. The molecule has 1 heterocycles. The minimum Gasteiger partial charge on any atom is -0.476 e. The molecule has 1 amide bonds. The van der Waals surface area contributed by atoms with E-state index in [1.807, 2.05) is 18.2 Å². The number of aryl methyl sites for hydroxylation is 1. The fourth-order valence-corrected chi connectivity index (χ4v) is 5.05. The summed E-state index contributed by atoms with van der Waals surface area (Å²) >= 11 is 0. The second kappa shape index (κ2) is 9.22. The van der Waals surface area contributed by atoms with Crippen molar-refractivity contribution in [3.8, 4) is 5.75 Å². The van der Waals surface area contributed by atoms with Crippen molar-refractivity contribution in [3.05, 3.63) is 90.5 Å². The molecular weight excluding hydrogens is 412 g/mol. The molecule has 1 N–H and O–H groups in total. The average molecular weight is 437 g/mol. The summed E-state index contributed by atoms with van der Waals surface area (Å²) in [6.45, 7) is 0.402. The van der Waals surface area contributed by atoms with Crippen LogP contribution in [0.2, 0.25) is 0 Å². The van der Waals surface area contributed by atoms with Crippen LogP contribution in [0.4, 0.5) is 5.69 Å². The Morgan fingerprint density at radius 3 is 2.32 bits per heavy atom. The van der Waals surface area contributed by atoms with Crippen LogP contribution in [0, 0.1) is 0 Å². The van der Waals surface area contributed by atoms with Crippen LogP contribution in [0.25, 0.3) is 0 Å². The number of nitrogens with one attached hydrogen (secondary N) is 1. The van der Waals surface area contributed by atoms with Gasteiger partial charge in [0.15, 0.2) is 6.10 Å². The molecule has 0 radical (unpaired) electrons. The Morgan fingerprint density at radius 2 is 1.58 bits per heavy atom. The number of rotatable bonds is 7. The molecule has 4 rings (SSSR count). The van der Waals surface area contributed by atoms with Gasteiger partial charge in [-0.3, -0.25) is 9.10 Å². The predicted octanol–water partition coefficient (Wildman–Crippen LogP) is 3.39. The first kappa shape index (κ1) is 20.9. The largest absolute Gasteiger partial charge is 0.476 e. The molecule has 7 heteroatoms. The molecule has 1 atom stereocenters. The number of hydrogen-bond acceptors (Lipinski definition) is 4. The number of para-hydroxylation sites is 2. The first-order valence-corrected chi connectivity index (χ1v) is 11.6. The maximum absolute atomic E-state index is 13.3. The number of carbonyl (C=O) groups excluding carboxylic acids is 1. The van der Waals surface area contributed by atoms with Gasteiger partial charge in [-0.05, 0) is 42.7 Å². The summed E-state index contributed by atoms with van der Waals surface area (Å²) in [7, 11) is -3.83. The van der Waals surface area contributed by atoms with E-state index in [1.54, 1.807) is 54.6 Å². The first-order valence-electron chi connectivity index (χ1n) is 10.2. The molecule has 6 nitrogen and oxygen atoms in total. The number of sulfonamides is 1. The lowest BCUT2D eigenvalue weighted by Gasteiger charge is -2.34. The van der Waals surface area contributed by atoms with Gasteiger partial charge in [-0.25, -0.2) is 8.42 Å². The number of anilines is 1. The van der Waals surface area contributed by atoms with E-state index in [-0.39, 0.29) is 17.3 Å². The third-order valence-corrected chi connectivity index (χ3v) is 6.94. The molecule has 31 heavy (non-hydrogen) atoms. The lowest BCUT2D eigenvalue weighted by atomic mass is 10.1. The molecule has 3 aromatic rings. The molecule has 1 unspecified atom stereocenters. The van der Waals surface area contributed by atoms with Crippen LogP contribution in [0.3, 0.4) is 0 Å². The lowest BCUT2D eigenvalue weighted by Crippen LogP contribution is -2.50. The van der Waals surface area contributed by atoms with Crippen LogP contribution in [0.5, 0.6) is 5.75 Å². The van der Waals surface area contributed by atoms with Crippen molar-refractivity contribution in [2.45, 2.75) is 23.8 Å². The second-order valence-electron chi connectivity index (χ2n) is 7.30. The predicted molar refractivity (Wildman–Crippen MR) is 120 cm³/mol. The molecule has 1 aliphatic rings. The van der Waals surface area contributed by atoms with Gasteiger partial charge in [0.1, 0.15) is 5.75 Å². The molecule has 0 aliphatic carbocycles. The number of carbonyl (C=O) groups is 1. The SMILES string of the molecule is O=C(NCCCc1ccccc1)C1CN(S(=O)(=O)c2ccccc2)c2ccccc2O1. The molecule has 0 aromatic heterocycles. The van der Waals surface area contributed by atoms with Crippen LogP contribution in [0.1, 0.15) is 12.0 Å². The minimum atomic E-state index is -3.83. The van der Waals surface area contributed by atoms with Gasteiger partial charge in [0.25, 0.3) is 15.9 Å². The van der Waals surface area contributed by atoms with E-state index in [9.17, 15) is 13.2 Å². The van der Waals surface area contributed by atoms with Crippen molar-refractivity contribution in [1.82, 2.24) is 5.32 Å². The summed E-state index contributed by atoms with van der Waals surface area (Å²) in [5, 5.41) is 2.88. The molecule has 0 saturated carbocycles. The Balaban J connectivity index is 1.47. The highest BCUT2D eigenvalue weighted by Gasteiger charge is 2.37. The Labute approximate surface area is 182 Å². The van der Waals surface area contributed by atoms with E-state index in [4.69, 9.17) is 4.74 Å². The number of benzene rings is 3. The third kappa shape index (κ3) is 4.72. The van der Waals surface area contributed by atoms with Crippen molar-refractivity contribution in [1.29, 1.82) is 0 Å². The Kier molecular flexibility index (Phi) is 6.23. The van der Waals surface area contributed by atoms with Gasteiger partial charge < -0.3 is 10.1 Å². The van der Waals surface area contributed by atoms with E-state index in [0.717, 1.165) is 12.8 Å². The second-order valence-corrected chi connectivity index (χ2v) is 9.17. The molecule has 1 aliphatic heterocycles. The highest BCUT2D eigenvalue weighted by Crippen LogP contribution is 2.36. The zero-order valence-electron chi connectivity index (χ0n) is 17.0. The van der Waals surface area contributed by atoms with Gasteiger partial charge in [-0.2, -0.15) is 0 Å². The lowest BCUT2D eigenvalue weighted by molar-refractivity contribution is -0.127. The van der Waals surface area contributed by atoms with E-state index in [0.29, 0.717) is 18.0 Å². The zero-order valence-corrected chi connectivity index (χ0v) is 17.8. The van der Waals surface area contributed by atoms with Crippen molar-refractivity contribution in [2.24, 2.45) is 0 Å². The van der Waals surface area contributed by atoms with Crippen LogP contribution in [0.15, 0.2) is 89.8 Å². The Bertz CT molecular complexity index is 1130. The molecule has 0 spiro atoms. The minimum absolute atomic E-state index is 0.0846. The summed E-state index contributed by atoms with van der Waals surface area (Å²) in [4.78, 5) is 12.9. The van der Waals surface area contributed by atoms with Crippen molar-refractivity contribution in [2.75, 3.05) is 17.4 Å². The summed E-state index contributed by atoms with van der Waals surface area (Å²) in [6.07, 6.45) is 0.708. The van der Waals surface area contributed by atoms with Crippen LogP contribution < -0.4 is 14.4 Å². The number of ether oxygens (including phenoxy) is 1. The van der Waals surface area contributed by atoms with Crippen LogP contribution >= 0.6 is 0 Å². The maximum Gasteiger partial charge on any atom is 0.264 e.